The SMILES string of the molecule is CON(C)C(=O)c1cn(Cc2cccc(Br)n2)c2ccccc2c1=O.Cc1ccccc1C(=O)c1cn(Cc2cccc(Br)n2)c2ccccc2c1=O. The third-order valence-electron chi connectivity index (χ3n) is 8.61. The van der Waals surface area contributed by atoms with E-state index in [4.69, 9.17) is 4.84 Å². The minimum atomic E-state index is -0.491. The van der Waals surface area contributed by atoms with E-state index in [1.165, 1.54) is 14.2 Å². The van der Waals surface area contributed by atoms with Gasteiger partial charge in [-0.3, -0.25) is 24.0 Å². The Balaban J connectivity index is 0.000000183. The molecule has 1 amide bonds. The number of aryl methyl sites for hydroxylation is 1. The molecular formula is C41H33Br2N5O5. The lowest BCUT2D eigenvalue weighted by molar-refractivity contribution is -0.0758. The number of benzene rings is 3. The fourth-order valence-corrected chi connectivity index (χ4v) is 6.68. The lowest BCUT2D eigenvalue weighted by Crippen LogP contribution is -2.31. The molecule has 0 radical (unpaired) electrons. The first kappa shape index (κ1) is 37.2. The first-order chi connectivity index (χ1) is 25.5. The molecule has 10 nitrogen and oxygen atoms in total. The Morgan fingerprint density at radius 1 is 0.642 bits per heavy atom. The van der Waals surface area contributed by atoms with Crippen LogP contribution in [0.5, 0.6) is 0 Å². The standard InChI is InChI=1S/C23H17BrN2O2.C18H16BrN3O3/c1-15-7-2-3-9-17(15)22(27)19-14-26(13-16-8-6-12-21(24)25-16)20-11-5-4-10-18(20)23(19)28;1-21(25-2)18(24)14-11-22(10-12-6-5-9-16(19)20-12)15-8-4-3-7-13(15)17(14)23/h2-12,14H,13H2,1H3;3-9,11H,10H2,1-2H3. The van der Waals surface area contributed by atoms with Crippen LogP contribution in [0, 0.1) is 6.92 Å². The molecule has 0 aliphatic rings. The molecule has 266 valence electrons. The second-order valence-electron chi connectivity index (χ2n) is 12.1. The second kappa shape index (κ2) is 16.4. The monoisotopic (exact) mass is 833 g/mol. The van der Waals surface area contributed by atoms with E-state index in [0.717, 1.165) is 42.3 Å². The van der Waals surface area contributed by atoms with Crippen LogP contribution in [0.4, 0.5) is 0 Å². The molecule has 0 fully saturated rings. The van der Waals surface area contributed by atoms with E-state index in [1.807, 2.05) is 101 Å². The molecule has 0 N–H and O–H groups in total. The van der Waals surface area contributed by atoms with Gasteiger partial charge in [-0.05, 0) is 92.9 Å². The van der Waals surface area contributed by atoms with Crippen molar-refractivity contribution in [2.24, 2.45) is 0 Å². The molecule has 0 aliphatic heterocycles. The molecule has 0 spiro atoms. The largest absolute Gasteiger partial charge is 0.340 e. The maximum atomic E-state index is 13.2. The van der Waals surface area contributed by atoms with Crippen molar-refractivity contribution in [3.05, 3.63) is 185 Å². The van der Waals surface area contributed by atoms with Crippen molar-refractivity contribution in [2.45, 2.75) is 20.0 Å². The van der Waals surface area contributed by atoms with Crippen LogP contribution in [0.15, 0.2) is 140 Å². The lowest BCUT2D eigenvalue weighted by atomic mass is 9.98. The predicted octanol–water partition coefficient (Wildman–Crippen LogP) is 7.59. The molecular weight excluding hydrogens is 802 g/mol. The van der Waals surface area contributed by atoms with Crippen LogP contribution in [-0.2, 0) is 17.9 Å². The molecule has 0 saturated heterocycles. The molecule has 7 aromatic rings. The van der Waals surface area contributed by atoms with Crippen LogP contribution in [0.3, 0.4) is 0 Å². The Bertz CT molecular complexity index is 2620. The average molecular weight is 836 g/mol. The van der Waals surface area contributed by atoms with E-state index >= 15 is 0 Å². The number of carbonyl (C=O) groups excluding carboxylic acids is 2. The van der Waals surface area contributed by atoms with Gasteiger partial charge in [0.25, 0.3) is 5.91 Å². The molecule has 3 aromatic carbocycles. The van der Waals surface area contributed by atoms with Gasteiger partial charge in [-0.1, -0.05) is 60.7 Å². The maximum absolute atomic E-state index is 13.2. The summed E-state index contributed by atoms with van der Waals surface area (Å²) in [4.78, 5) is 65.2. The smallest absolute Gasteiger partial charge is 0.282 e. The van der Waals surface area contributed by atoms with Crippen molar-refractivity contribution >= 4 is 65.4 Å². The summed E-state index contributed by atoms with van der Waals surface area (Å²) in [6, 6.07) is 33.2. The van der Waals surface area contributed by atoms with Gasteiger partial charge >= 0.3 is 0 Å². The molecule has 7 rings (SSSR count). The van der Waals surface area contributed by atoms with Gasteiger partial charge in [0.2, 0.25) is 10.9 Å². The highest BCUT2D eigenvalue weighted by Crippen LogP contribution is 2.19. The number of nitrogens with zero attached hydrogens (tertiary/aromatic N) is 5. The normalized spacial score (nSPS) is 10.9. The van der Waals surface area contributed by atoms with Crippen LogP contribution in [0.1, 0.15) is 43.2 Å². The van der Waals surface area contributed by atoms with Crippen molar-refractivity contribution in [3.63, 3.8) is 0 Å². The number of rotatable bonds is 8. The number of hydroxylamine groups is 2. The summed E-state index contributed by atoms with van der Waals surface area (Å²) in [6.07, 6.45) is 3.22. The molecule has 0 bridgehead atoms. The van der Waals surface area contributed by atoms with Crippen LogP contribution < -0.4 is 10.9 Å². The summed E-state index contributed by atoms with van der Waals surface area (Å²) in [5, 5.41) is 2.04. The average Bonchev–Trinajstić information content (AvgIpc) is 3.17. The van der Waals surface area contributed by atoms with Crippen molar-refractivity contribution in [1.82, 2.24) is 24.2 Å². The Labute approximate surface area is 321 Å². The Morgan fingerprint density at radius 2 is 1.11 bits per heavy atom. The summed E-state index contributed by atoms with van der Waals surface area (Å²) in [7, 11) is 2.85. The first-order valence-corrected chi connectivity index (χ1v) is 18.0. The number of pyridine rings is 4. The molecule has 0 atom stereocenters. The highest BCUT2D eigenvalue weighted by atomic mass is 79.9. The molecule has 0 saturated carbocycles. The molecule has 0 unspecified atom stereocenters. The second-order valence-corrected chi connectivity index (χ2v) is 13.7. The number of fused-ring (bicyclic) bond motifs is 2. The van der Waals surface area contributed by atoms with E-state index in [9.17, 15) is 19.2 Å². The topological polar surface area (TPSA) is 116 Å². The van der Waals surface area contributed by atoms with Gasteiger partial charge in [-0.25, -0.2) is 15.0 Å². The van der Waals surface area contributed by atoms with Crippen LogP contribution in [0.25, 0.3) is 21.8 Å². The molecule has 4 heterocycles. The van der Waals surface area contributed by atoms with Crippen molar-refractivity contribution < 1.29 is 14.4 Å². The first-order valence-electron chi connectivity index (χ1n) is 16.5. The zero-order valence-electron chi connectivity index (χ0n) is 29.0. The van der Waals surface area contributed by atoms with Gasteiger partial charge in [-0.15, -0.1) is 0 Å². The summed E-state index contributed by atoms with van der Waals surface area (Å²) in [5.41, 5.74) is 4.20. The molecule has 12 heteroatoms. The van der Waals surface area contributed by atoms with Crippen LogP contribution in [-0.4, -0.2) is 50.0 Å². The number of carbonyl (C=O) groups is 2. The highest BCUT2D eigenvalue weighted by molar-refractivity contribution is 9.10. The number of amides is 1. The van der Waals surface area contributed by atoms with Gasteiger partial charge in [0.1, 0.15) is 14.8 Å². The van der Waals surface area contributed by atoms with E-state index in [-0.39, 0.29) is 27.8 Å². The number of hydrogen-bond donors (Lipinski definition) is 0. The van der Waals surface area contributed by atoms with E-state index in [2.05, 4.69) is 41.8 Å². The number of ketones is 1. The Morgan fingerprint density at radius 3 is 1.62 bits per heavy atom. The minimum absolute atomic E-state index is 0.0537. The quantitative estimate of drug-likeness (QED) is 0.0881. The van der Waals surface area contributed by atoms with E-state index in [1.54, 1.807) is 36.7 Å². The third-order valence-corrected chi connectivity index (χ3v) is 9.49. The number of para-hydroxylation sites is 2. The van der Waals surface area contributed by atoms with Gasteiger partial charge < -0.3 is 9.13 Å². The maximum Gasteiger partial charge on any atom is 0.282 e. The van der Waals surface area contributed by atoms with Gasteiger partial charge in [-0.2, -0.15) is 0 Å². The van der Waals surface area contributed by atoms with Gasteiger partial charge in [0.05, 0.1) is 48.2 Å². The van der Waals surface area contributed by atoms with Crippen LogP contribution in [0.2, 0.25) is 0 Å². The predicted molar refractivity (Wildman–Crippen MR) is 212 cm³/mol. The highest BCUT2D eigenvalue weighted by Gasteiger charge is 2.20. The summed E-state index contributed by atoms with van der Waals surface area (Å²) >= 11 is 6.74. The number of hydrogen-bond acceptors (Lipinski definition) is 7. The van der Waals surface area contributed by atoms with E-state index < -0.39 is 5.91 Å². The summed E-state index contributed by atoms with van der Waals surface area (Å²) in [6.45, 7) is 2.75. The van der Waals surface area contributed by atoms with E-state index in [0.29, 0.717) is 29.4 Å². The van der Waals surface area contributed by atoms with Crippen LogP contribution >= 0.6 is 31.9 Å². The van der Waals surface area contributed by atoms with Crippen molar-refractivity contribution in [1.29, 1.82) is 0 Å². The summed E-state index contributed by atoms with van der Waals surface area (Å²) < 4.78 is 5.23. The van der Waals surface area contributed by atoms with Crippen molar-refractivity contribution in [3.8, 4) is 0 Å². The van der Waals surface area contributed by atoms with Crippen molar-refractivity contribution in [2.75, 3.05) is 14.2 Å². The Hall–Kier alpha value is -5.56. The lowest BCUT2D eigenvalue weighted by Gasteiger charge is -2.16. The number of aromatic nitrogens is 4. The third kappa shape index (κ3) is 8.25. The zero-order valence-corrected chi connectivity index (χ0v) is 32.2. The molecule has 4 aromatic heterocycles. The minimum Gasteiger partial charge on any atom is -0.340 e. The zero-order chi connectivity index (χ0) is 37.6. The fraction of sp³-hybridized carbons (Fsp3) is 0.122. The van der Waals surface area contributed by atoms with Gasteiger partial charge in [0, 0.05) is 35.8 Å². The fourth-order valence-electron chi connectivity index (χ4n) is 5.92. The summed E-state index contributed by atoms with van der Waals surface area (Å²) in [5.74, 6) is -0.751. The molecule has 53 heavy (non-hydrogen) atoms. The Kier molecular flexibility index (Phi) is 11.5. The number of halogens is 2. The molecule has 0 aliphatic carbocycles. The van der Waals surface area contributed by atoms with Gasteiger partial charge in [0.15, 0.2) is 5.78 Å².